The van der Waals surface area contributed by atoms with Crippen LogP contribution >= 0.6 is 0 Å². The summed E-state index contributed by atoms with van der Waals surface area (Å²) < 4.78 is 27.6. The maximum Gasteiger partial charge on any atom is 0.273 e. The number of para-hydroxylation sites is 1. The second-order valence-corrected chi connectivity index (χ2v) is 8.70. The van der Waals surface area contributed by atoms with Crippen LogP contribution in [0.2, 0.25) is 0 Å². The van der Waals surface area contributed by atoms with Crippen LogP contribution in [0, 0.1) is 5.92 Å². The standard InChI is InChI=1S/C26H25N7O5/c1-27-26(37)21-18(11-19(32-33-21)31-23(34)13-9-10-13)29-17-8-4-6-15(22(17)38-2)24(35)30-16-7-3-5-14-12-28-25(36)20(14)16/h3-8,11,13H,9-10,12H2,1-2H3,(H,27,37)(H,28,36)(H,30,35)(H2,29,31,32,34)/i1D3. The van der Waals surface area contributed by atoms with E-state index >= 15 is 0 Å². The van der Waals surface area contributed by atoms with E-state index in [-0.39, 0.29) is 51.9 Å². The molecule has 0 bridgehead atoms. The molecule has 1 saturated carbocycles. The molecule has 1 fully saturated rings. The predicted molar refractivity (Wildman–Crippen MR) is 139 cm³/mol. The van der Waals surface area contributed by atoms with Crippen LogP contribution in [0.3, 0.4) is 0 Å². The van der Waals surface area contributed by atoms with E-state index in [1.165, 1.54) is 19.2 Å². The number of aromatic nitrogens is 2. The highest BCUT2D eigenvalue weighted by molar-refractivity contribution is 6.12. The molecule has 1 aliphatic heterocycles. The normalized spacial score (nSPS) is 15.2. The Morgan fingerprint density at radius 1 is 1.03 bits per heavy atom. The van der Waals surface area contributed by atoms with E-state index in [0.717, 1.165) is 18.4 Å². The molecule has 2 aliphatic rings. The van der Waals surface area contributed by atoms with Crippen molar-refractivity contribution in [2.75, 3.05) is 30.0 Å². The molecule has 12 heteroatoms. The van der Waals surface area contributed by atoms with Crippen molar-refractivity contribution in [3.8, 4) is 5.75 Å². The molecule has 2 aromatic carbocycles. The minimum absolute atomic E-state index is 0.00116. The van der Waals surface area contributed by atoms with E-state index in [9.17, 15) is 19.2 Å². The number of ether oxygens (including phenoxy) is 1. The average Bonchev–Trinajstić information content (AvgIpc) is 3.70. The summed E-state index contributed by atoms with van der Waals surface area (Å²) in [5.41, 5.74) is 1.43. The van der Waals surface area contributed by atoms with E-state index < -0.39 is 18.8 Å². The zero-order chi connectivity index (χ0) is 29.3. The van der Waals surface area contributed by atoms with Gasteiger partial charge in [-0.05, 0) is 36.6 Å². The summed E-state index contributed by atoms with van der Waals surface area (Å²) in [5, 5.41) is 20.6. The summed E-state index contributed by atoms with van der Waals surface area (Å²) in [5.74, 6) is -2.14. The van der Waals surface area contributed by atoms with Crippen LogP contribution < -0.4 is 31.3 Å². The Balaban J connectivity index is 1.47. The number of hydrogen-bond acceptors (Lipinski definition) is 8. The van der Waals surface area contributed by atoms with E-state index in [4.69, 9.17) is 8.85 Å². The highest BCUT2D eigenvalue weighted by Crippen LogP contribution is 2.34. The molecule has 0 saturated heterocycles. The molecule has 3 aromatic rings. The van der Waals surface area contributed by atoms with Gasteiger partial charge in [0.25, 0.3) is 17.7 Å². The molecule has 5 rings (SSSR count). The van der Waals surface area contributed by atoms with Gasteiger partial charge in [-0.2, -0.15) is 0 Å². The highest BCUT2D eigenvalue weighted by Gasteiger charge is 2.30. The van der Waals surface area contributed by atoms with Crippen LogP contribution in [0.5, 0.6) is 5.75 Å². The number of benzene rings is 2. The largest absolute Gasteiger partial charge is 0.494 e. The molecule has 0 radical (unpaired) electrons. The number of amides is 4. The van der Waals surface area contributed by atoms with Crippen LogP contribution in [-0.4, -0.2) is 47.9 Å². The van der Waals surface area contributed by atoms with Gasteiger partial charge in [0, 0.05) is 29.6 Å². The molecule has 4 amide bonds. The van der Waals surface area contributed by atoms with Gasteiger partial charge < -0.3 is 31.3 Å². The molecule has 2 heterocycles. The third-order valence-corrected chi connectivity index (χ3v) is 6.12. The number of hydrogen-bond donors (Lipinski definition) is 5. The third-order valence-electron chi connectivity index (χ3n) is 6.12. The Morgan fingerprint density at radius 2 is 1.82 bits per heavy atom. The van der Waals surface area contributed by atoms with Crippen LogP contribution in [-0.2, 0) is 11.3 Å². The smallest absolute Gasteiger partial charge is 0.273 e. The molecule has 1 aromatic heterocycles. The number of fused-ring (bicyclic) bond motifs is 1. The van der Waals surface area contributed by atoms with Crippen molar-refractivity contribution in [1.82, 2.24) is 20.8 Å². The van der Waals surface area contributed by atoms with Gasteiger partial charge >= 0.3 is 0 Å². The highest BCUT2D eigenvalue weighted by atomic mass is 16.5. The fraction of sp³-hybridized carbons (Fsp3) is 0.231. The van der Waals surface area contributed by atoms with Gasteiger partial charge in [-0.25, -0.2) is 0 Å². The van der Waals surface area contributed by atoms with Crippen LogP contribution in [0.1, 0.15) is 53.7 Å². The van der Waals surface area contributed by atoms with Gasteiger partial charge in [-0.1, -0.05) is 18.2 Å². The predicted octanol–water partition coefficient (Wildman–Crippen LogP) is 2.43. The minimum atomic E-state index is -2.79. The Hall–Kier alpha value is -5.00. The monoisotopic (exact) mass is 518 g/mol. The minimum Gasteiger partial charge on any atom is -0.494 e. The average molecular weight is 519 g/mol. The van der Waals surface area contributed by atoms with Crippen molar-refractivity contribution in [2.45, 2.75) is 19.4 Å². The van der Waals surface area contributed by atoms with Crippen molar-refractivity contribution in [1.29, 1.82) is 0 Å². The quantitative estimate of drug-likeness (QED) is 0.304. The molecular weight excluding hydrogens is 490 g/mol. The zero-order valence-electron chi connectivity index (χ0n) is 23.2. The second-order valence-electron chi connectivity index (χ2n) is 8.70. The van der Waals surface area contributed by atoms with Crippen LogP contribution in [0.4, 0.5) is 22.9 Å². The lowest BCUT2D eigenvalue weighted by atomic mass is 10.1. The Morgan fingerprint density at radius 3 is 2.58 bits per heavy atom. The zero-order valence-corrected chi connectivity index (χ0v) is 20.2. The van der Waals surface area contributed by atoms with Gasteiger partial charge in [0.2, 0.25) is 5.91 Å². The number of carbonyl (C=O) groups excluding carboxylic acids is 4. The first-order chi connectivity index (χ1) is 19.5. The lowest BCUT2D eigenvalue weighted by Crippen LogP contribution is -2.22. The Bertz CT molecular complexity index is 1570. The molecular formula is C26H25N7O5. The van der Waals surface area contributed by atoms with Crippen molar-refractivity contribution < 1.29 is 28.0 Å². The maximum atomic E-state index is 13.3. The Labute approximate surface area is 221 Å². The molecule has 12 nitrogen and oxygen atoms in total. The number of methoxy groups -OCH3 is 1. The lowest BCUT2D eigenvalue weighted by Gasteiger charge is -2.17. The second kappa shape index (κ2) is 10.2. The van der Waals surface area contributed by atoms with Crippen molar-refractivity contribution in [3.63, 3.8) is 0 Å². The summed E-state index contributed by atoms with van der Waals surface area (Å²) in [6.07, 6.45) is 1.51. The summed E-state index contributed by atoms with van der Waals surface area (Å²) >= 11 is 0. The van der Waals surface area contributed by atoms with Crippen molar-refractivity contribution in [3.05, 3.63) is 64.8 Å². The molecule has 194 valence electrons. The van der Waals surface area contributed by atoms with E-state index in [2.05, 4.69) is 31.5 Å². The van der Waals surface area contributed by atoms with Crippen molar-refractivity contribution in [2.24, 2.45) is 5.92 Å². The van der Waals surface area contributed by atoms with Gasteiger partial charge in [-0.15, -0.1) is 10.2 Å². The lowest BCUT2D eigenvalue weighted by molar-refractivity contribution is -0.117. The molecule has 38 heavy (non-hydrogen) atoms. The Kier molecular flexibility index (Phi) is 5.65. The fourth-order valence-electron chi connectivity index (χ4n) is 4.10. The topological polar surface area (TPSA) is 163 Å². The first-order valence-electron chi connectivity index (χ1n) is 13.2. The summed E-state index contributed by atoms with van der Waals surface area (Å²) in [6.45, 7) is -2.43. The van der Waals surface area contributed by atoms with Crippen LogP contribution in [0.25, 0.3) is 0 Å². The molecule has 0 unspecified atom stereocenters. The van der Waals surface area contributed by atoms with Crippen molar-refractivity contribution >= 4 is 46.5 Å². The van der Waals surface area contributed by atoms with Crippen LogP contribution in [0.15, 0.2) is 42.5 Å². The number of carbonyl (C=O) groups is 4. The number of anilines is 4. The first-order valence-corrected chi connectivity index (χ1v) is 11.7. The molecule has 0 spiro atoms. The van der Waals surface area contributed by atoms with Gasteiger partial charge in [0.05, 0.1) is 35.3 Å². The van der Waals surface area contributed by atoms with Gasteiger partial charge in [0.1, 0.15) is 0 Å². The van der Waals surface area contributed by atoms with Gasteiger partial charge in [-0.3, -0.25) is 19.2 Å². The van der Waals surface area contributed by atoms with Gasteiger partial charge in [0.15, 0.2) is 17.3 Å². The number of nitrogens with zero attached hydrogens (tertiary/aromatic N) is 2. The summed E-state index contributed by atoms with van der Waals surface area (Å²) in [7, 11) is 1.35. The molecule has 5 N–H and O–H groups in total. The first kappa shape index (κ1) is 21.1. The van der Waals surface area contributed by atoms with E-state index in [1.807, 2.05) is 5.32 Å². The maximum absolute atomic E-state index is 13.3. The number of rotatable bonds is 8. The summed E-state index contributed by atoms with van der Waals surface area (Å²) in [6, 6.07) is 11.1. The third kappa shape index (κ3) is 4.83. The van der Waals surface area contributed by atoms with E-state index in [1.54, 1.807) is 30.3 Å². The molecule has 0 atom stereocenters. The van der Waals surface area contributed by atoms with E-state index in [0.29, 0.717) is 17.8 Å². The fourth-order valence-corrected chi connectivity index (χ4v) is 4.10. The number of nitrogens with one attached hydrogen (secondary N) is 5. The summed E-state index contributed by atoms with van der Waals surface area (Å²) in [4.78, 5) is 50.6. The molecule has 1 aliphatic carbocycles. The SMILES string of the molecule is [2H]C([2H])([2H])NC(=O)c1nnc(NC(=O)C2CC2)cc1Nc1cccc(C(=O)Nc2cccc3c2C(=O)NC3)c1OC.